The molecule has 4 heteroatoms. The smallest absolute Gasteiger partial charge is 0.255 e. The largest absolute Gasteiger partial charge is 0.507 e. The van der Waals surface area contributed by atoms with Crippen LogP contribution in [0.5, 0.6) is 5.75 Å². The first-order chi connectivity index (χ1) is 10.8. The summed E-state index contributed by atoms with van der Waals surface area (Å²) in [6.45, 7) is 7.96. The predicted octanol–water partition coefficient (Wildman–Crippen LogP) is 5.03. The molecule has 0 aliphatic rings. The van der Waals surface area contributed by atoms with Crippen LogP contribution in [-0.2, 0) is 0 Å². The molecule has 0 radical (unpaired) electrons. The molecule has 0 atom stereocenters. The minimum Gasteiger partial charge on any atom is -0.507 e. The molecule has 0 fully saturated rings. The van der Waals surface area contributed by atoms with Crippen LogP contribution in [0.25, 0.3) is 0 Å². The van der Waals surface area contributed by atoms with E-state index in [1.54, 1.807) is 12.1 Å². The molecule has 0 heterocycles. The highest BCUT2D eigenvalue weighted by atomic mass is 19.1. The van der Waals surface area contributed by atoms with Crippen molar-refractivity contribution in [2.24, 2.45) is 0 Å². The van der Waals surface area contributed by atoms with E-state index in [9.17, 15) is 14.3 Å². The van der Waals surface area contributed by atoms with Gasteiger partial charge in [-0.25, -0.2) is 4.39 Å². The van der Waals surface area contributed by atoms with Crippen LogP contribution in [0.15, 0.2) is 36.4 Å². The highest BCUT2D eigenvalue weighted by molar-refractivity contribution is 6.04. The molecule has 3 nitrogen and oxygen atoms in total. The van der Waals surface area contributed by atoms with Crippen LogP contribution in [0.4, 0.5) is 10.1 Å². The normalized spacial score (nSPS) is 11.1. The molecule has 2 aromatic rings. The molecule has 0 aliphatic carbocycles. The number of hydrogen-bond acceptors (Lipinski definition) is 2. The van der Waals surface area contributed by atoms with E-state index in [1.165, 1.54) is 24.3 Å². The van der Waals surface area contributed by atoms with Gasteiger partial charge in [-0.15, -0.1) is 0 Å². The van der Waals surface area contributed by atoms with E-state index < -0.39 is 0 Å². The molecule has 0 spiro atoms. The SMILES string of the molecule is CC(C)c1cc(NC(=O)c2ccc(F)cc2)cc(C(C)C)c1O. The third-order valence-electron chi connectivity index (χ3n) is 3.78. The van der Waals surface area contributed by atoms with Crippen molar-refractivity contribution >= 4 is 11.6 Å². The summed E-state index contributed by atoms with van der Waals surface area (Å²) in [7, 11) is 0. The molecule has 2 N–H and O–H groups in total. The highest BCUT2D eigenvalue weighted by Gasteiger charge is 2.16. The number of aromatic hydroxyl groups is 1. The van der Waals surface area contributed by atoms with E-state index in [0.717, 1.165) is 11.1 Å². The van der Waals surface area contributed by atoms with Gasteiger partial charge in [0, 0.05) is 11.3 Å². The minimum absolute atomic E-state index is 0.134. The molecule has 0 aliphatic heterocycles. The zero-order valence-electron chi connectivity index (χ0n) is 13.9. The van der Waals surface area contributed by atoms with E-state index in [-0.39, 0.29) is 29.3 Å². The Morgan fingerprint density at radius 3 is 1.91 bits per heavy atom. The number of hydrogen-bond donors (Lipinski definition) is 2. The number of rotatable bonds is 4. The van der Waals surface area contributed by atoms with Gasteiger partial charge in [-0.05, 0) is 59.4 Å². The number of benzene rings is 2. The Morgan fingerprint density at radius 2 is 1.48 bits per heavy atom. The topological polar surface area (TPSA) is 49.3 Å². The number of amides is 1. The number of anilines is 1. The number of phenolic OH excluding ortho intramolecular Hbond substituents is 1. The van der Waals surface area contributed by atoms with Gasteiger partial charge in [0.2, 0.25) is 0 Å². The van der Waals surface area contributed by atoms with Gasteiger partial charge in [0.15, 0.2) is 0 Å². The van der Waals surface area contributed by atoms with Gasteiger partial charge in [-0.1, -0.05) is 27.7 Å². The lowest BCUT2D eigenvalue weighted by Gasteiger charge is -2.18. The van der Waals surface area contributed by atoms with Gasteiger partial charge in [0.25, 0.3) is 5.91 Å². The van der Waals surface area contributed by atoms with Crippen molar-refractivity contribution in [3.63, 3.8) is 0 Å². The molecule has 0 bridgehead atoms. The summed E-state index contributed by atoms with van der Waals surface area (Å²) in [5.41, 5.74) is 2.61. The van der Waals surface area contributed by atoms with Gasteiger partial charge < -0.3 is 10.4 Å². The summed E-state index contributed by atoms with van der Waals surface area (Å²) in [5.74, 6) is -0.129. The molecule has 0 unspecified atom stereocenters. The Morgan fingerprint density at radius 1 is 1.00 bits per heavy atom. The molecule has 0 saturated heterocycles. The Kier molecular flexibility index (Phi) is 5.04. The summed E-state index contributed by atoms with van der Waals surface area (Å²) < 4.78 is 12.9. The Bertz CT molecular complexity index is 677. The third kappa shape index (κ3) is 3.89. The van der Waals surface area contributed by atoms with E-state index >= 15 is 0 Å². The van der Waals surface area contributed by atoms with Gasteiger partial charge in [0.05, 0.1) is 0 Å². The Balaban J connectivity index is 2.35. The molecule has 0 saturated carbocycles. The van der Waals surface area contributed by atoms with Crippen LogP contribution < -0.4 is 5.32 Å². The monoisotopic (exact) mass is 315 g/mol. The van der Waals surface area contributed by atoms with E-state index in [0.29, 0.717) is 11.3 Å². The standard InChI is InChI=1S/C19H22FNO2/c1-11(2)16-9-15(10-17(12(3)4)18(16)22)21-19(23)13-5-7-14(20)8-6-13/h5-12,22H,1-4H3,(H,21,23). The van der Waals surface area contributed by atoms with E-state index in [1.807, 2.05) is 27.7 Å². The van der Waals surface area contributed by atoms with Crippen LogP contribution in [0.3, 0.4) is 0 Å². The lowest BCUT2D eigenvalue weighted by Crippen LogP contribution is -2.12. The van der Waals surface area contributed by atoms with Gasteiger partial charge in [-0.2, -0.15) is 0 Å². The van der Waals surface area contributed by atoms with Crippen molar-refractivity contribution in [3.05, 3.63) is 58.9 Å². The average molecular weight is 315 g/mol. The van der Waals surface area contributed by atoms with E-state index in [4.69, 9.17) is 0 Å². The highest BCUT2D eigenvalue weighted by Crippen LogP contribution is 2.36. The maximum Gasteiger partial charge on any atom is 0.255 e. The summed E-state index contributed by atoms with van der Waals surface area (Å²) in [5, 5.41) is 13.2. The molecular formula is C19H22FNO2. The fourth-order valence-electron chi connectivity index (χ4n) is 2.44. The first kappa shape index (κ1) is 17.0. The number of nitrogens with one attached hydrogen (secondary N) is 1. The Labute approximate surface area is 136 Å². The quantitative estimate of drug-likeness (QED) is 0.777. The molecule has 122 valence electrons. The number of carbonyl (C=O) groups excluding carboxylic acids is 1. The fourth-order valence-corrected chi connectivity index (χ4v) is 2.44. The number of phenols is 1. The van der Waals surface area contributed by atoms with E-state index in [2.05, 4.69) is 5.32 Å². The van der Waals surface area contributed by atoms with Crippen LogP contribution in [0.1, 0.15) is 61.0 Å². The van der Waals surface area contributed by atoms with Gasteiger partial charge >= 0.3 is 0 Å². The van der Waals surface area contributed by atoms with Crippen molar-refractivity contribution in [1.82, 2.24) is 0 Å². The van der Waals surface area contributed by atoms with Crippen LogP contribution in [0.2, 0.25) is 0 Å². The second-order valence-corrected chi connectivity index (χ2v) is 6.27. The zero-order chi connectivity index (χ0) is 17.1. The van der Waals surface area contributed by atoms with Crippen molar-refractivity contribution in [2.45, 2.75) is 39.5 Å². The number of halogens is 1. The first-order valence-corrected chi connectivity index (χ1v) is 7.73. The van der Waals surface area contributed by atoms with Gasteiger partial charge in [-0.3, -0.25) is 4.79 Å². The van der Waals surface area contributed by atoms with Crippen molar-refractivity contribution in [3.8, 4) is 5.75 Å². The minimum atomic E-state index is -0.379. The Hall–Kier alpha value is -2.36. The van der Waals surface area contributed by atoms with Gasteiger partial charge in [0.1, 0.15) is 11.6 Å². The molecule has 23 heavy (non-hydrogen) atoms. The molecule has 0 aromatic heterocycles. The zero-order valence-corrected chi connectivity index (χ0v) is 13.9. The third-order valence-corrected chi connectivity index (χ3v) is 3.78. The molecular weight excluding hydrogens is 293 g/mol. The summed E-state index contributed by atoms with van der Waals surface area (Å²) in [6.07, 6.45) is 0. The van der Waals surface area contributed by atoms with Crippen LogP contribution in [-0.4, -0.2) is 11.0 Å². The van der Waals surface area contributed by atoms with Crippen molar-refractivity contribution < 1.29 is 14.3 Å². The van der Waals surface area contributed by atoms with Crippen molar-refractivity contribution in [1.29, 1.82) is 0 Å². The lowest BCUT2D eigenvalue weighted by atomic mass is 9.93. The maximum absolute atomic E-state index is 12.9. The molecule has 1 amide bonds. The molecule has 2 rings (SSSR count). The summed E-state index contributed by atoms with van der Waals surface area (Å²) in [6, 6.07) is 8.96. The van der Waals surface area contributed by atoms with Crippen LogP contribution >= 0.6 is 0 Å². The second-order valence-electron chi connectivity index (χ2n) is 6.27. The lowest BCUT2D eigenvalue weighted by molar-refractivity contribution is 0.102. The maximum atomic E-state index is 12.9. The predicted molar refractivity (Wildman–Crippen MR) is 90.6 cm³/mol. The fraction of sp³-hybridized carbons (Fsp3) is 0.316. The second kappa shape index (κ2) is 6.82. The average Bonchev–Trinajstić information content (AvgIpc) is 2.48. The number of carbonyl (C=O) groups is 1. The van der Waals surface area contributed by atoms with Crippen molar-refractivity contribution in [2.75, 3.05) is 5.32 Å². The summed E-state index contributed by atoms with van der Waals surface area (Å²) in [4.78, 5) is 12.3. The first-order valence-electron chi connectivity index (χ1n) is 7.73. The molecule has 2 aromatic carbocycles. The summed E-state index contributed by atoms with van der Waals surface area (Å²) >= 11 is 0. The van der Waals surface area contributed by atoms with Crippen LogP contribution in [0, 0.1) is 5.82 Å².